The van der Waals surface area contributed by atoms with E-state index in [9.17, 15) is 13.2 Å². The van der Waals surface area contributed by atoms with Gasteiger partial charge in [0, 0.05) is 24.4 Å². The molecule has 0 radical (unpaired) electrons. The van der Waals surface area contributed by atoms with Gasteiger partial charge in [0.1, 0.15) is 28.1 Å². The minimum Gasteiger partial charge on any atom is -0.380 e. The smallest absolute Gasteiger partial charge is 0.140 e. The molecule has 0 fully saturated rings. The van der Waals surface area contributed by atoms with Gasteiger partial charge >= 0.3 is 0 Å². The summed E-state index contributed by atoms with van der Waals surface area (Å²) < 4.78 is 41.8. The van der Waals surface area contributed by atoms with Gasteiger partial charge in [-0.2, -0.15) is 0 Å². The van der Waals surface area contributed by atoms with Crippen LogP contribution in [-0.4, -0.2) is 16.0 Å². The van der Waals surface area contributed by atoms with Crippen LogP contribution in [0.4, 0.5) is 18.9 Å². The zero-order valence-corrected chi connectivity index (χ0v) is 13.6. The van der Waals surface area contributed by atoms with E-state index in [0.717, 1.165) is 0 Å². The molecule has 0 spiro atoms. The molecule has 7 heteroatoms. The van der Waals surface area contributed by atoms with Gasteiger partial charge in [0.15, 0.2) is 0 Å². The van der Waals surface area contributed by atoms with Crippen molar-refractivity contribution < 1.29 is 13.2 Å². The van der Waals surface area contributed by atoms with Gasteiger partial charge in [-0.1, -0.05) is 11.6 Å². The van der Waals surface area contributed by atoms with Gasteiger partial charge < -0.3 is 5.32 Å². The highest BCUT2D eigenvalue weighted by atomic mass is 35.5. The molecule has 0 aliphatic rings. The number of pyridine rings is 2. The van der Waals surface area contributed by atoms with E-state index < -0.39 is 23.0 Å². The first-order valence-corrected chi connectivity index (χ1v) is 7.62. The van der Waals surface area contributed by atoms with Crippen molar-refractivity contribution in [2.45, 2.75) is 19.9 Å². The summed E-state index contributed by atoms with van der Waals surface area (Å²) in [7, 11) is 0. The minimum absolute atomic E-state index is 0.0200. The number of nitrogens with one attached hydrogen (secondary N) is 1. The van der Waals surface area contributed by atoms with Gasteiger partial charge in [-0.3, -0.25) is 4.98 Å². The van der Waals surface area contributed by atoms with E-state index in [4.69, 9.17) is 11.6 Å². The molecule has 0 saturated heterocycles. The lowest BCUT2D eigenvalue weighted by atomic mass is 10.0. The number of nitrogens with zero attached hydrogens (tertiary/aromatic N) is 2. The molecule has 3 aromatic rings. The molecular formula is C17H13ClF3N3. The fourth-order valence-electron chi connectivity index (χ4n) is 2.50. The maximum absolute atomic E-state index is 14.3. The summed E-state index contributed by atoms with van der Waals surface area (Å²) in [5, 5.41) is 3.02. The molecule has 0 amide bonds. The van der Waals surface area contributed by atoms with Gasteiger partial charge in [-0.05, 0) is 26.0 Å². The maximum Gasteiger partial charge on any atom is 0.140 e. The standard InChI is InChI=1S/C17H13ClF3N3/c1-8(2)23-16-14(13-10(20)6-9(19)7-11(13)21)17(18)24-12-4-3-5-22-15(12)16/h3-8H,1-2H3,(H,23,24). The number of rotatable bonds is 3. The van der Waals surface area contributed by atoms with Crippen LogP contribution >= 0.6 is 11.6 Å². The number of hydrogen-bond donors (Lipinski definition) is 1. The van der Waals surface area contributed by atoms with Crippen LogP contribution in [0.1, 0.15) is 13.8 Å². The fourth-order valence-corrected chi connectivity index (χ4v) is 2.78. The van der Waals surface area contributed by atoms with Crippen molar-refractivity contribution in [1.82, 2.24) is 9.97 Å². The van der Waals surface area contributed by atoms with Gasteiger partial charge in [-0.15, -0.1) is 0 Å². The SMILES string of the molecule is CC(C)Nc1c(-c2c(F)cc(F)cc2F)c(Cl)nc2cccnc12. The molecule has 0 bridgehead atoms. The van der Waals surface area contributed by atoms with Crippen LogP contribution in [0.2, 0.25) is 5.15 Å². The van der Waals surface area contributed by atoms with Crippen LogP contribution in [0.15, 0.2) is 30.5 Å². The summed E-state index contributed by atoms with van der Waals surface area (Å²) >= 11 is 6.20. The summed E-state index contributed by atoms with van der Waals surface area (Å²) in [5.74, 6) is -3.12. The van der Waals surface area contributed by atoms with Crippen molar-refractivity contribution in [3.8, 4) is 11.1 Å². The van der Waals surface area contributed by atoms with Gasteiger partial charge in [0.05, 0.1) is 22.3 Å². The lowest BCUT2D eigenvalue weighted by molar-refractivity contribution is 0.548. The first-order valence-electron chi connectivity index (χ1n) is 7.24. The maximum atomic E-state index is 14.3. The lowest BCUT2D eigenvalue weighted by Crippen LogP contribution is -2.13. The molecule has 3 nitrogen and oxygen atoms in total. The van der Waals surface area contributed by atoms with E-state index in [-0.39, 0.29) is 16.8 Å². The monoisotopic (exact) mass is 351 g/mol. The number of anilines is 1. The van der Waals surface area contributed by atoms with E-state index in [1.54, 1.807) is 18.3 Å². The topological polar surface area (TPSA) is 37.8 Å². The molecule has 0 atom stereocenters. The predicted molar refractivity (Wildman–Crippen MR) is 88.6 cm³/mol. The van der Waals surface area contributed by atoms with Crippen molar-refractivity contribution in [3.05, 3.63) is 53.1 Å². The average Bonchev–Trinajstić information content (AvgIpc) is 2.48. The second-order valence-electron chi connectivity index (χ2n) is 5.57. The van der Waals surface area contributed by atoms with Crippen molar-refractivity contribution >= 4 is 28.3 Å². The molecule has 3 rings (SSSR count). The van der Waals surface area contributed by atoms with E-state index in [2.05, 4.69) is 15.3 Å². The van der Waals surface area contributed by atoms with Crippen LogP contribution in [-0.2, 0) is 0 Å². The van der Waals surface area contributed by atoms with Gasteiger partial charge in [-0.25, -0.2) is 18.2 Å². The fraction of sp³-hybridized carbons (Fsp3) is 0.176. The van der Waals surface area contributed by atoms with E-state index >= 15 is 0 Å². The Hall–Kier alpha value is -2.34. The third kappa shape index (κ3) is 2.89. The molecule has 1 N–H and O–H groups in total. The second-order valence-corrected chi connectivity index (χ2v) is 5.93. The van der Waals surface area contributed by atoms with Crippen LogP contribution in [0.25, 0.3) is 22.2 Å². The third-order valence-corrected chi connectivity index (χ3v) is 3.66. The van der Waals surface area contributed by atoms with E-state index in [1.165, 1.54) is 0 Å². The van der Waals surface area contributed by atoms with Gasteiger partial charge in [0.25, 0.3) is 0 Å². The first-order chi connectivity index (χ1) is 11.4. The Labute approximate surface area is 141 Å². The summed E-state index contributed by atoms with van der Waals surface area (Å²) in [5.41, 5.74) is 0.840. The van der Waals surface area contributed by atoms with E-state index in [1.807, 2.05) is 13.8 Å². The Balaban J connectivity index is 2.41. The predicted octanol–water partition coefficient (Wildman–Crippen LogP) is 5.19. The molecule has 0 aliphatic carbocycles. The zero-order valence-electron chi connectivity index (χ0n) is 12.9. The number of aromatic nitrogens is 2. The van der Waals surface area contributed by atoms with Crippen LogP contribution in [0.3, 0.4) is 0 Å². The van der Waals surface area contributed by atoms with Crippen LogP contribution in [0, 0.1) is 17.5 Å². The average molecular weight is 352 g/mol. The highest BCUT2D eigenvalue weighted by Gasteiger charge is 2.23. The molecule has 24 heavy (non-hydrogen) atoms. The quantitative estimate of drug-likeness (QED) is 0.660. The zero-order chi connectivity index (χ0) is 17.4. The molecule has 2 heterocycles. The largest absolute Gasteiger partial charge is 0.380 e. The molecule has 124 valence electrons. The van der Waals surface area contributed by atoms with E-state index in [0.29, 0.717) is 28.9 Å². The minimum atomic E-state index is -1.06. The Morgan fingerprint density at radius 3 is 2.38 bits per heavy atom. The summed E-state index contributed by atoms with van der Waals surface area (Å²) in [6.07, 6.45) is 1.55. The Morgan fingerprint density at radius 1 is 1.08 bits per heavy atom. The molecule has 0 aliphatic heterocycles. The summed E-state index contributed by atoms with van der Waals surface area (Å²) in [6, 6.07) is 4.54. The number of halogens is 4. The van der Waals surface area contributed by atoms with Crippen molar-refractivity contribution in [2.75, 3.05) is 5.32 Å². The highest BCUT2D eigenvalue weighted by molar-refractivity contribution is 6.33. The summed E-state index contributed by atoms with van der Waals surface area (Å²) in [4.78, 5) is 8.40. The first kappa shape index (κ1) is 16.5. The Kier molecular flexibility index (Phi) is 4.32. The normalized spacial score (nSPS) is 11.3. The third-order valence-electron chi connectivity index (χ3n) is 3.39. The number of hydrogen-bond acceptors (Lipinski definition) is 3. The number of benzene rings is 1. The molecule has 1 aromatic carbocycles. The highest BCUT2D eigenvalue weighted by Crippen LogP contribution is 2.40. The Bertz CT molecular complexity index is 905. The molecule has 0 unspecified atom stereocenters. The van der Waals surface area contributed by atoms with Crippen LogP contribution < -0.4 is 5.32 Å². The van der Waals surface area contributed by atoms with Crippen molar-refractivity contribution in [1.29, 1.82) is 0 Å². The van der Waals surface area contributed by atoms with Gasteiger partial charge in [0.2, 0.25) is 0 Å². The Morgan fingerprint density at radius 2 is 1.75 bits per heavy atom. The summed E-state index contributed by atoms with van der Waals surface area (Å²) in [6.45, 7) is 3.73. The molecule has 0 saturated carbocycles. The van der Waals surface area contributed by atoms with Crippen LogP contribution in [0.5, 0.6) is 0 Å². The second kappa shape index (κ2) is 6.28. The number of fused-ring (bicyclic) bond motifs is 1. The molecule has 2 aromatic heterocycles. The molecular weight excluding hydrogens is 339 g/mol. The lowest BCUT2D eigenvalue weighted by Gasteiger charge is -2.18. The van der Waals surface area contributed by atoms with Crippen molar-refractivity contribution in [3.63, 3.8) is 0 Å². The van der Waals surface area contributed by atoms with Crippen molar-refractivity contribution in [2.24, 2.45) is 0 Å².